The molecule has 0 bridgehead atoms. The first kappa shape index (κ1) is 17.2. The molecule has 9 nitrogen and oxygen atoms in total. The Bertz CT molecular complexity index is 594. The van der Waals surface area contributed by atoms with Gasteiger partial charge in [-0.25, -0.2) is 10.2 Å². The normalized spacial score (nSPS) is 10.5. The molecule has 120 valence electrons. The number of carbonyl (C=O) groups is 2. The molecule has 0 heterocycles. The molecule has 2 N–H and O–H groups in total. The lowest BCUT2D eigenvalue weighted by Crippen LogP contribution is -2.44. The third-order valence-corrected chi connectivity index (χ3v) is 2.32. The van der Waals surface area contributed by atoms with Gasteiger partial charge in [-0.3, -0.25) is 20.3 Å². The quantitative estimate of drug-likeness (QED) is 0.648. The van der Waals surface area contributed by atoms with Crippen LogP contribution in [0.5, 0.6) is 5.75 Å². The maximum Gasteiger partial charge on any atom is 0.426 e. The van der Waals surface area contributed by atoms with E-state index in [1.54, 1.807) is 20.8 Å². The van der Waals surface area contributed by atoms with Gasteiger partial charge in [-0.15, -0.1) is 0 Å². The van der Waals surface area contributed by atoms with Crippen molar-refractivity contribution in [3.8, 4) is 5.75 Å². The molecule has 22 heavy (non-hydrogen) atoms. The molecule has 0 aliphatic carbocycles. The molecule has 0 saturated heterocycles. The molecule has 9 heteroatoms. The Balaban J connectivity index is 2.77. The molecule has 1 aromatic rings. The number of non-ortho nitro benzene ring substituents is 1. The van der Waals surface area contributed by atoms with E-state index in [2.05, 4.69) is 10.9 Å². The standard InChI is InChI=1S/C13H17N3O6/c1-13(2,3)22-12(18)15-14-11(17)9-6-5-8(16(19)20)7-10(9)21-4/h5-7H,1-4H3,(H,14,17)(H,15,18). The molecular formula is C13H17N3O6. The number of nitrogens with one attached hydrogen (secondary N) is 2. The van der Waals surface area contributed by atoms with Gasteiger partial charge in [-0.1, -0.05) is 0 Å². The van der Waals surface area contributed by atoms with Crippen molar-refractivity contribution in [1.29, 1.82) is 0 Å². The van der Waals surface area contributed by atoms with Gasteiger partial charge in [0.2, 0.25) is 0 Å². The van der Waals surface area contributed by atoms with Crippen molar-refractivity contribution in [2.24, 2.45) is 0 Å². The van der Waals surface area contributed by atoms with E-state index < -0.39 is 22.5 Å². The lowest BCUT2D eigenvalue weighted by atomic mass is 10.1. The highest BCUT2D eigenvalue weighted by Crippen LogP contribution is 2.24. The number of nitro groups is 1. The summed E-state index contributed by atoms with van der Waals surface area (Å²) in [5.74, 6) is -0.685. The lowest BCUT2D eigenvalue weighted by molar-refractivity contribution is -0.384. The van der Waals surface area contributed by atoms with Crippen LogP contribution in [0.1, 0.15) is 31.1 Å². The number of carbonyl (C=O) groups excluding carboxylic acids is 2. The van der Waals surface area contributed by atoms with E-state index >= 15 is 0 Å². The molecule has 1 aromatic carbocycles. The zero-order chi connectivity index (χ0) is 16.9. The van der Waals surface area contributed by atoms with E-state index in [0.717, 1.165) is 12.1 Å². The van der Waals surface area contributed by atoms with Crippen molar-refractivity contribution in [3.63, 3.8) is 0 Å². The van der Waals surface area contributed by atoms with Crippen LogP contribution in [0.2, 0.25) is 0 Å². The van der Waals surface area contributed by atoms with Crippen molar-refractivity contribution in [1.82, 2.24) is 10.9 Å². The molecule has 0 aliphatic rings. The Labute approximate surface area is 126 Å². The van der Waals surface area contributed by atoms with E-state index in [0.29, 0.717) is 0 Å². The van der Waals surface area contributed by atoms with Crippen LogP contribution in [-0.2, 0) is 4.74 Å². The number of rotatable bonds is 3. The van der Waals surface area contributed by atoms with Gasteiger partial charge in [0.05, 0.1) is 23.7 Å². The predicted octanol–water partition coefficient (Wildman–Crippen LogP) is 1.77. The SMILES string of the molecule is COc1cc([N+](=O)[O-])ccc1C(=O)NNC(=O)OC(C)(C)C. The van der Waals surface area contributed by atoms with Gasteiger partial charge in [0.15, 0.2) is 0 Å². The predicted molar refractivity (Wildman–Crippen MR) is 76.5 cm³/mol. The molecule has 0 spiro atoms. The number of methoxy groups -OCH3 is 1. The van der Waals surface area contributed by atoms with Crippen molar-refractivity contribution in [2.75, 3.05) is 7.11 Å². The maximum atomic E-state index is 11.9. The summed E-state index contributed by atoms with van der Waals surface area (Å²) in [5, 5.41) is 10.7. The molecule has 1 rings (SSSR count). The molecule has 0 fully saturated rings. The average Bonchev–Trinajstić information content (AvgIpc) is 2.42. The molecule has 0 aliphatic heterocycles. The summed E-state index contributed by atoms with van der Waals surface area (Å²) in [6.07, 6.45) is -0.832. The largest absolute Gasteiger partial charge is 0.496 e. The summed E-state index contributed by atoms with van der Waals surface area (Å²) >= 11 is 0. The first-order valence-corrected chi connectivity index (χ1v) is 6.26. The van der Waals surface area contributed by atoms with Crippen LogP contribution in [0.25, 0.3) is 0 Å². The van der Waals surface area contributed by atoms with Crippen molar-refractivity contribution >= 4 is 17.7 Å². The van der Waals surface area contributed by atoms with E-state index in [1.165, 1.54) is 13.2 Å². The summed E-state index contributed by atoms with van der Waals surface area (Å²) in [5.41, 5.74) is 3.32. The molecular weight excluding hydrogens is 294 g/mol. The molecule has 0 aromatic heterocycles. The van der Waals surface area contributed by atoms with E-state index in [1.807, 2.05) is 0 Å². The van der Waals surface area contributed by atoms with Gasteiger partial charge in [0, 0.05) is 6.07 Å². The van der Waals surface area contributed by atoms with Gasteiger partial charge in [-0.2, -0.15) is 0 Å². The second-order valence-electron chi connectivity index (χ2n) is 5.22. The van der Waals surface area contributed by atoms with Crippen molar-refractivity contribution < 1.29 is 24.0 Å². The molecule has 2 amide bonds. The fourth-order valence-corrected chi connectivity index (χ4v) is 1.46. The number of hydrazine groups is 1. The molecule has 0 unspecified atom stereocenters. The Hall–Kier alpha value is -2.84. The molecule has 0 atom stereocenters. The molecule has 0 saturated carbocycles. The Morgan fingerprint density at radius 1 is 1.23 bits per heavy atom. The van der Waals surface area contributed by atoms with Crippen LogP contribution in [0.15, 0.2) is 18.2 Å². The molecule has 0 radical (unpaired) electrons. The summed E-state index contributed by atoms with van der Waals surface area (Å²) in [7, 11) is 1.27. The highest BCUT2D eigenvalue weighted by molar-refractivity contribution is 5.97. The second kappa shape index (κ2) is 6.74. The Kier molecular flexibility index (Phi) is 5.28. The second-order valence-corrected chi connectivity index (χ2v) is 5.22. The minimum Gasteiger partial charge on any atom is -0.496 e. The van der Waals surface area contributed by atoms with E-state index in [9.17, 15) is 19.7 Å². The number of benzene rings is 1. The average molecular weight is 311 g/mol. The minimum absolute atomic E-state index is 0.0117. The van der Waals surface area contributed by atoms with E-state index in [-0.39, 0.29) is 17.0 Å². The summed E-state index contributed by atoms with van der Waals surface area (Å²) in [6.45, 7) is 5.02. The number of ether oxygens (including phenoxy) is 2. The van der Waals surface area contributed by atoms with Gasteiger partial charge in [-0.05, 0) is 26.8 Å². The van der Waals surface area contributed by atoms with Gasteiger partial charge in [0.25, 0.3) is 11.6 Å². The van der Waals surface area contributed by atoms with Crippen molar-refractivity contribution in [3.05, 3.63) is 33.9 Å². The van der Waals surface area contributed by atoms with Crippen LogP contribution >= 0.6 is 0 Å². The highest BCUT2D eigenvalue weighted by atomic mass is 16.6. The number of hydrogen-bond donors (Lipinski definition) is 2. The smallest absolute Gasteiger partial charge is 0.426 e. The third kappa shape index (κ3) is 4.93. The maximum absolute atomic E-state index is 11.9. The van der Waals surface area contributed by atoms with Gasteiger partial charge >= 0.3 is 6.09 Å². The summed E-state index contributed by atoms with van der Waals surface area (Å²) in [4.78, 5) is 33.4. The van der Waals surface area contributed by atoms with Crippen LogP contribution in [0, 0.1) is 10.1 Å². The summed E-state index contributed by atoms with van der Waals surface area (Å²) in [6, 6.07) is 3.50. The Morgan fingerprint density at radius 2 is 1.86 bits per heavy atom. The number of amides is 2. The first-order valence-electron chi connectivity index (χ1n) is 6.26. The zero-order valence-electron chi connectivity index (χ0n) is 12.6. The fourth-order valence-electron chi connectivity index (χ4n) is 1.46. The van der Waals surface area contributed by atoms with Crippen LogP contribution in [0.3, 0.4) is 0 Å². The van der Waals surface area contributed by atoms with Crippen LogP contribution < -0.4 is 15.6 Å². The minimum atomic E-state index is -0.832. The zero-order valence-corrected chi connectivity index (χ0v) is 12.6. The Morgan fingerprint density at radius 3 is 2.36 bits per heavy atom. The number of hydrogen-bond acceptors (Lipinski definition) is 6. The number of nitro benzene ring substituents is 1. The third-order valence-electron chi connectivity index (χ3n) is 2.32. The van der Waals surface area contributed by atoms with E-state index in [4.69, 9.17) is 9.47 Å². The fraction of sp³-hybridized carbons (Fsp3) is 0.385. The van der Waals surface area contributed by atoms with Crippen LogP contribution in [-0.4, -0.2) is 29.6 Å². The summed E-state index contributed by atoms with van der Waals surface area (Å²) < 4.78 is 9.88. The topological polar surface area (TPSA) is 120 Å². The highest BCUT2D eigenvalue weighted by Gasteiger charge is 2.19. The first-order chi connectivity index (χ1) is 10.1. The lowest BCUT2D eigenvalue weighted by Gasteiger charge is -2.19. The number of nitrogens with zero attached hydrogens (tertiary/aromatic N) is 1. The monoisotopic (exact) mass is 311 g/mol. The van der Waals surface area contributed by atoms with Gasteiger partial charge in [0.1, 0.15) is 11.4 Å². The van der Waals surface area contributed by atoms with Crippen LogP contribution in [0.4, 0.5) is 10.5 Å². The van der Waals surface area contributed by atoms with Gasteiger partial charge < -0.3 is 9.47 Å². The van der Waals surface area contributed by atoms with Crippen molar-refractivity contribution in [2.45, 2.75) is 26.4 Å².